The summed E-state index contributed by atoms with van der Waals surface area (Å²) in [5, 5.41) is 11.7. The van der Waals surface area contributed by atoms with Gasteiger partial charge in [0.15, 0.2) is 0 Å². The minimum atomic E-state index is 0.119. The first kappa shape index (κ1) is 12.3. The Bertz CT molecular complexity index is 522. The van der Waals surface area contributed by atoms with Crippen LogP contribution >= 0.6 is 27.3 Å². The molecule has 0 spiro atoms. The van der Waals surface area contributed by atoms with Gasteiger partial charge in [0.1, 0.15) is 5.75 Å². The average molecular weight is 310 g/mol. The predicted molar refractivity (Wildman–Crippen MR) is 76.1 cm³/mol. The lowest BCUT2D eigenvalue weighted by atomic mass is 10.2. The van der Waals surface area contributed by atoms with E-state index in [1.807, 2.05) is 24.4 Å². The minimum Gasteiger partial charge on any atom is -0.507 e. The van der Waals surface area contributed by atoms with Crippen molar-refractivity contribution >= 4 is 33.5 Å². The molecule has 0 saturated carbocycles. The minimum absolute atomic E-state index is 0.119. The van der Waals surface area contributed by atoms with Gasteiger partial charge in [0.25, 0.3) is 0 Å². The van der Waals surface area contributed by atoms with Crippen LogP contribution in [-0.4, -0.2) is 11.3 Å². The van der Waals surface area contributed by atoms with E-state index in [-0.39, 0.29) is 11.8 Å². The van der Waals surface area contributed by atoms with E-state index in [0.29, 0.717) is 0 Å². The van der Waals surface area contributed by atoms with Gasteiger partial charge in [-0.3, -0.25) is 4.99 Å². The molecule has 1 heterocycles. The molecule has 2 aromatic rings. The number of benzene rings is 1. The second-order valence-electron chi connectivity index (χ2n) is 3.67. The van der Waals surface area contributed by atoms with Gasteiger partial charge in [-0.1, -0.05) is 22.0 Å². The van der Waals surface area contributed by atoms with Gasteiger partial charge in [0, 0.05) is 21.1 Å². The molecule has 0 aliphatic heterocycles. The summed E-state index contributed by atoms with van der Waals surface area (Å²) in [7, 11) is 0. The summed E-state index contributed by atoms with van der Waals surface area (Å²) in [6.45, 7) is 2.04. The molecule has 1 aromatic heterocycles. The van der Waals surface area contributed by atoms with Crippen LogP contribution in [0, 0.1) is 0 Å². The van der Waals surface area contributed by atoms with Crippen LogP contribution in [0.4, 0.5) is 0 Å². The Balaban J connectivity index is 2.17. The van der Waals surface area contributed by atoms with Crippen molar-refractivity contribution in [1.82, 2.24) is 0 Å². The van der Waals surface area contributed by atoms with E-state index < -0.39 is 0 Å². The fourth-order valence-corrected chi connectivity index (χ4v) is 2.53. The van der Waals surface area contributed by atoms with Crippen molar-refractivity contribution in [1.29, 1.82) is 0 Å². The Morgan fingerprint density at radius 2 is 2.24 bits per heavy atom. The fourth-order valence-electron chi connectivity index (χ4n) is 1.42. The highest BCUT2D eigenvalue weighted by molar-refractivity contribution is 9.10. The Morgan fingerprint density at radius 1 is 1.41 bits per heavy atom. The van der Waals surface area contributed by atoms with Gasteiger partial charge in [-0.25, -0.2) is 0 Å². The van der Waals surface area contributed by atoms with E-state index in [0.717, 1.165) is 10.0 Å². The molecule has 0 aliphatic carbocycles. The lowest BCUT2D eigenvalue weighted by Crippen LogP contribution is -1.88. The topological polar surface area (TPSA) is 32.6 Å². The molecule has 17 heavy (non-hydrogen) atoms. The third kappa shape index (κ3) is 3.17. The number of nitrogens with zero attached hydrogens (tertiary/aromatic N) is 1. The van der Waals surface area contributed by atoms with E-state index in [1.165, 1.54) is 4.88 Å². The van der Waals surface area contributed by atoms with Crippen molar-refractivity contribution in [3.63, 3.8) is 0 Å². The normalized spacial score (nSPS) is 13.1. The standard InChI is InChI=1S/C13H12BrNOS/c1-9(13-3-2-6-17-13)15-8-10-7-11(14)4-5-12(10)16/h2-9,16H,1H3/t9-/m1/s1. The lowest BCUT2D eigenvalue weighted by molar-refractivity contribution is 0.474. The van der Waals surface area contributed by atoms with E-state index in [2.05, 4.69) is 27.0 Å². The third-order valence-electron chi connectivity index (χ3n) is 2.38. The first-order chi connectivity index (χ1) is 8.16. The molecule has 0 unspecified atom stereocenters. The lowest BCUT2D eigenvalue weighted by Gasteiger charge is -2.03. The molecule has 0 radical (unpaired) electrons. The van der Waals surface area contributed by atoms with E-state index >= 15 is 0 Å². The van der Waals surface area contributed by atoms with Gasteiger partial charge < -0.3 is 5.11 Å². The Hall–Kier alpha value is -1.13. The summed E-state index contributed by atoms with van der Waals surface area (Å²) in [6, 6.07) is 9.50. The van der Waals surface area contributed by atoms with E-state index in [1.54, 1.807) is 29.7 Å². The molecule has 4 heteroatoms. The number of rotatable bonds is 3. The van der Waals surface area contributed by atoms with Crippen LogP contribution in [0.5, 0.6) is 5.75 Å². The highest BCUT2D eigenvalue weighted by atomic mass is 79.9. The SMILES string of the molecule is C[C@@H](N=Cc1cc(Br)ccc1O)c1cccs1. The monoisotopic (exact) mass is 309 g/mol. The average Bonchev–Trinajstić information content (AvgIpc) is 2.83. The second-order valence-corrected chi connectivity index (χ2v) is 5.57. The predicted octanol–water partition coefficient (Wildman–Crippen LogP) is 4.40. The Kier molecular flexibility index (Phi) is 3.97. The molecule has 0 bridgehead atoms. The molecule has 0 saturated heterocycles. The van der Waals surface area contributed by atoms with E-state index in [9.17, 15) is 5.11 Å². The largest absolute Gasteiger partial charge is 0.507 e. The van der Waals surface area contributed by atoms with Gasteiger partial charge in [0.2, 0.25) is 0 Å². The van der Waals surface area contributed by atoms with Crippen molar-refractivity contribution in [2.75, 3.05) is 0 Å². The molecule has 88 valence electrons. The van der Waals surface area contributed by atoms with Crippen LogP contribution in [0.25, 0.3) is 0 Å². The quantitative estimate of drug-likeness (QED) is 0.838. The number of hydrogen-bond acceptors (Lipinski definition) is 3. The van der Waals surface area contributed by atoms with Crippen LogP contribution in [-0.2, 0) is 0 Å². The number of phenols is 1. The number of aliphatic imine (C=N–C) groups is 1. The first-order valence-corrected chi connectivity index (χ1v) is 6.89. The van der Waals surface area contributed by atoms with Crippen LogP contribution < -0.4 is 0 Å². The summed E-state index contributed by atoms with van der Waals surface area (Å²) in [6.07, 6.45) is 1.71. The molecule has 1 atom stereocenters. The summed E-state index contributed by atoms with van der Waals surface area (Å²) in [5.41, 5.74) is 0.725. The van der Waals surface area contributed by atoms with Crippen molar-refractivity contribution in [3.8, 4) is 5.75 Å². The molecule has 2 rings (SSSR count). The number of aromatic hydroxyl groups is 1. The van der Waals surface area contributed by atoms with Crippen molar-refractivity contribution < 1.29 is 5.11 Å². The first-order valence-electron chi connectivity index (χ1n) is 5.22. The maximum Gasteiger partial charge on any atom is 0.124 e. The van der Waals surface area contributed by atoms with E-state index in [4.69, 9.17) is 0 Å². The number of hydrogen-bond donors (Lipinski definition) is 1. The number of phenolic OH excluding ortho intramolecular Hbond substituents is 1. The maximum atomic E-state index is 9.67. The molecule has 0 amide bonds. The van der Waals surface area contributed by atoms with Crippen molar-refractivity contribution in [2.24, 2.45) is 4.99 Å². The highest BCUT2D eigenvalue weighted by Gasteiger charge is 2.04. The summed E-state index contributed by atoms with van der Waals surface area (Å²) in [4.78, 5) is 5.66. The summed E-state index contributed by atoms with van der Waals surface area (Å²) < 4.78 is 0.931. The van der Waals surface area contributed by atoms with Crippen molar-refractivity contribution in [3.05, 3.63) is 50.6 Å². The zero-order valence-electron chi connectivity index (χ0n) is 9.30. The fraction of sp³-hybridized carbons (Fsp3) is 0.154. The number of halogens is 1. The Morgan fingerprint density at radius 3 is 2.94 bits per heavy atom. The molecule has 0 aliphatic rings. The zero-order chi connectivity index (χ0) is 12.3. The van der Waals surface area contributed by atoms with Gasteiger partial charge in [-0.15, -0.1) is 11.3 Å². The maximum absolute atomic E-state index is 9.67. The Labute approximate surface area is 113 Å². The van der Waals surface area contributed by atoms with Gasteiger partial charge >= 0.3 is 0 Å². The molecular weight excluding hydrogens is 298 g/mol. The van der Waals surface area contributed by atoms with Crippen molar-refractivity contribution in [2.45, 2.75) is 13.0 Å². The second kappa shape index (κ2) is 5.47. The molecule has 0 fully saturated rings. The number of thiophene rings is 1. The summed E-state index contributed by atoms with van der Waals surface area (Å²) >= 11 is 5.06. The highest BCUT2D eigenvalue weighted by Crippen LogP contribution is 2.24. The molecule has 1 aromatic carbocycles. The van der Waals surface area contributed by atoms with Crippen LogP contribution in [0.2, 0.25) is 0 Å². The van der Waals surface area contributed by atoms with Crippen LogP contribution in [0.3, 0.4) is 0 Å². The smallest absolute Gasteiger partial charge is 0.124 e. The molecule has 1 N–H and O–H groups in total. The molecule has 2 nitrogen and oxygen atoms in total. The molecular formula is C13H12BrNOS. The van der Waals surface area contributed by atoms with Gasteiger partial charge in [-0.05, 0) is 36.6 Å². The zero-order valence-corrected chi connectivity index (χ0v) is 11.7. The van der Waals surface area contributed by atoms with Gasteiger partial charge in [0.05, 0.1) is 6.04 Å². The van der Waals surface area contributed by atoms with Crippen LogP contribution in [0.1, 0.15) is 23.4 Å². The third-order valence-corrected chi connectivity index (χ3v) is 3.92. The summed E-state index contributed by atoms with van der Waals surface area (Å²) in [5.74, 6) is 0.246. The van der Waals surface area contributed by atoms with Gasteiger partial charge in [-0.2, -0.15) is 0 Å². The van der Waals surface area contributed by atoms with Crippen LogP contribution in [0.15, 0.2) is 45.2 Å².